The van der Waals surface area contributed by atoms with Gasteiger partial charge in [-0.15, -0.1) is 5.10 Å². The van der Waals surface area contributed by atoms with Crippen LogP contribution in [-0.2, 0) is 25.7 Å². The number of thioether (sulfide) groups is 1. The van der Waals surface area contributed by atoms with Crippen molar-refractivity contribution in [1.29, 1.82) is 0 Å². The van der Waals surface area contributed by atoms with Gasteiger partial charge in [0.2, 0.25) is 5.91 Å². The highest BCUT2D eigenvalue weighted by atomic mass is 35.5. The summed E-state index contributed by atoms with van der Waals surface area (Å²) in [7, 11) is 1.46. The lowest BCUT2D eigenvalue weighted by atomic mass is 9.60. The Bertz CT molecular complexity index is 1650. The highest BCUT2D eigenvalue weighted by molar-refractivity contribution is 7.99. The lowest BCUT2D eigenvalue weighted by Gasteiger charge is -2.56. The van der Waals surface area contributed by atoms with Crippen molar-refractivity contribution in [3.63, 3.8) is 0 Å². The van der Waals surface area contributed by atoms with E-state index in [1.807, 2.05) is 0 Å². The normalized spacial score (nSPS) is 23.5. The van der Waals surface area contributed by atoms with E-state index in [1.54, 1.807) is 23.9 Å². The number of carbonyl (C=O) groups is 2. The van der Waals surface area contributed by atoms with Crippen LogP contribution in [0.1, 0.15) is 45.2 Å². The summed E-state index contributed by atoms with van der Waals surface area (Å²) in [6, 6.07) is 7.93. The zero-order valence-corrected chi connectivity index (χ0v) is 29.1. The Hall–Kier alpha value is -3.39. The van der Waals surface area contributed by atoms with Crippen LogP contribution in [0.4, 0.5) is 21.7 Å². The number of hydrogen-bond donors (Lipinski definition) is 2. The second-order valence-corrected chi connectivity index (χ2v) is 15.4. The predicted molar refractivity (Wildman–Crippen MR) is 183 cm³/mol. The van der Waals surface area contributed by atoms with Gasteiger partial charge in [0.15, 0.2) is 0 Å². The number of hydrogen-bond acceptors (Lipinski definition) is 11. The van der Waals surface area contributed by atoms with Crippen molar-refractivity contribution in [2.75, 3.05) is 43.7 Å². The first-order valence-corrected chi connectivity index (χ1v) is 17.8. The lowest BCUT2D eigenvalue weighted by Crippen LogP contribution is -2.62. The number of methoxy groups -OCH3 is 1. The Balaban J connectivity index is 1.09. The lowest BCUT2D eigenvalue weighted by molar-refractivity contribution is -0.166. The highest BCUT2D eigenvalue weighted by Crippen LogP contribution is 2.48. The first kappa shape index (κ1) is 34.5. The molecule has 2 saturated heterocycles. The van der Waals surface area contributed by atoms with E-state index in [0.29, 0.717) is 58.2 Å². The van der Waals surface area contributed by atoms with Crippen LogP contribution in [0.5, 0.6) is 0 Å². The smallest absolute Gasteiger partial charge is 0.309 e. The summed E-state index contributed by atoms with van der Waals surface area (Å²) in [5.74, 6) is 0.739. The van der Waals surface area contributed by atoms with E-state index in [9.17, 15) is 14.0 Å². The summed E-state index contributed by atoms with van der Waals surface area (Å²) in [6.45, 7) is 6.80. The summed E-state index contributed by atoms with van der Waals surface area (Å²) < 4.78 is 25.8. The van der Waals surface area contributed by atoms with Crippen LogP contribution < -0.4 is 10.6 Å². The Kier molecular flexibility index (Phi) is 10.5. The number of carbonyl (C=O) groups excluding carboxylic acids is 2. The molecule has 1 amide bonds. The molecule has 4 heterocycles. The van der Waals surface area contributed by atoms with Gasteiger partial charge in [0, 0.05) is 53.1 Å². The fourth-order valence-corrected chi connectivity index (χ4v) is 7.21. The third-order valence-corrected chi connectivity index (χ3v) is 11.5. The van der Waals surface area contributed by atoms with Crippen LogP contribution in [-0.4, -0.2) is 80.8 Å². The number of nitrogens with zero attached hydrogens (tertiary/aromatic N) is 5. The average molecular weight is 698 g/mol. The van der Waals surface area contributed by atoms with Gasteiger partial charge in [0.25, 0.3) is 0 Å². The number of benzene rings is 1. The fourth-order valence-electron chi connectivity index (χ4n) is 6.75. The molecule has 2 unspecified atom stereocenters. The molecule has 0 radical (unpaired) electrons. The zero-order chi connectivity index (χ0) is 34.0. The fraction of sp³-hybridized carbons (Fsp3) is 0.529. The number of aromatic nitrogens is 4. The van der Waals surface area contributed by atoms with E-state index in [4.69, 9.17) is 21.1 Å². The van der Waals surface area contributed by atoms with Crippen LogP contribution >= 0.6 is 23.4 Å². The maximum absolute atomic E-state index is 14.7. The molecule has 2 saturated carbocycles. The van der Waals surface area contributed by atoms with Gasteiger partial charge in [-0.2, -0.15) is 16.9 Å². The maximum Gasteiger partial charge on any atom is 0.309 e. The first-order valence-electron chi connectivity index (χ1n) is 16.2. The third kappa shape index (κ3) is 7.74. The summed E-state index contributed by atoms with van der Waals surface area (Å²) >= 11 is 7.93. The summed E-state index contributed by atoms with van der Waals surface area (Å²) in [4.78, 5) is 36.3. The molecule has 3 aromatic rings. The number of halogens is 2. The van der Waals surface area contributed by atoms with Crippen LogP contribution in [0.15, 0.2) is 36.7 Å². The number of esters is 1. The molecule has 4 fully saturated rings. The third-order valence-electron chi connectivity index (χ3n) is 9.93. The van der Waals surface area contributed by atoms with Crippen molar-refractivity contribution in [3.05, 3.63) is 53.2 Å². The Morgan fingerprint density at radius 1 is 1.08 bits per heavy atom. The van der Waals surface area contributed by atoms with Gasteiger partial charge in [0.1, 0.15) is 29.5 Å². The molecule has 2 atom stereocenters. The minimum Gasteiger partial charge on any atom is -0.469 e. The van der Waals surface area contributed by atoms with Gasteiger partial charge in [-0.3, -0.25) is 14.5 Å². The van der Waals surface area contributed by atoms with E-state index < -0.39 is 5.82 Å². The molecule has 2 aliphatic carbocycles. The van der Waals surface area contributed by atoms with Crippen molar-refractivity contribution in [3.8, 4) is 11.3 Å². The first-order chi connectivity index (χ1) is 23.0. The topological polar surface area (TPSA) is 131 Å². The van der Waals surface area contributed by atoms with Gasteiger partial charge < -0.3 is 20.1 Å². The highest BCUT2D eigenvalue weighted by Gasteiger charge is 2.53. The average Bonchev–Trinajstić information content (AvgIpc) is 3.04. The van der Waals surface area contributed by atoms with Gasteiger partial charge in [-0.05, 0) is 68.0 Å². The van der Waals surface area contributed by atoms with Gasteiger partial charge in [0.05, 0.1) is 31.0 Å². The van der Waals surface area contributed by atoms with Crippen LogP contribution in [0.25, 0.3) is 11.3 Å². The van der Waals surface area contributed by atoms with E-state index in [-0.39, 0.29) is 40.6 Å². The number of piperidine rings is 2. The number of fused-ring (bicyclic) bond motifs is 2. The molecule has 2 aromatic heterocycles. The second kappa shape index (κ2) is 14.6. The molecular formula is C34H41ClFN7O4S. The van der Waals surface area contributed by atoms with Crippen molar-refractivity contribution >= 4 is 52.6 Å². The monoisotopic (exact) mass is 697 g/mol. The predicted octanol–water partition coefficient (Wildman–Crippen LogP) is 5.98. The Labute approximate surface area is 289 Å². The van der Waals surface area contributed by atoms with Crippen molar-refractivity contribution < 1.29 is 23.5 Å². The molecule has 2 bridgehead atoms. The van der Waals surface area contributed by atoms with Gasteiger partial charge in [-0.1, -0.05) is 25.4 Å². The molecule has 4 aliphatic rings. The number of rotatable bonds is 13. The molecule has 11 nitrogen and oxygen atoms in total. The largest absolute Gasteiger partial charge is 0.469 e. The molecule has 2 N–H and O–H groups in total. The molecule has 1 aromatic carbocycles. The molecule has 14 heteroatoms. The van der Waals surface area contributed by atoms with Crippen molar-refractivity contribution in [2.45, 2.75) is 56.9 Å². The van der Waals surface area contributed by atoms with E-state index in [1.165, 1.54) is 31.6 Å². The quantitative estimate of drug-likeness (QED) is 0.162. The SMILES string of the molecule is COC(=O)C1C2CC1CN(C1CC(C(=O)Nc3cc(Nc4cc(-c5cc(Cl)ccc5F)nnc4COCCC(C)(C)SC)ncn3)C1)C2. The minimum atomic E-state index is -0.476. The molecule has 0 spiro atoms. The van der Waals surface area contributed by atoms with Gasteiger partial charge >= 0.3 is 5.97 Å². The van der Waals surface area contributed by atoms with E-state index >= 15 is 0 Å². The number of nitrogens with one attached hydrogen (secondary N) is 2. The van der Waals surface area contributed by atoms with Crippen LogP contribution in [0.2, 0.25) is 5.02 Å². The summed E-state index contributed by atoms with van der Waals surface area (Å²) in [5, 5.41) is 15.2. The molecule has 2 aliphatic heterocycles. The molecule has 48 heavy (non-hydrogen) atoms. The van der Waals surface area contributed by atoms with E-state index in [0.717, 1.165) is 38.8 Å². The van der Waals surface area contributed by atoms with Crippen LogP contribution in [0.3, 0.4) is 0 Å². The number of anilines is 3. The molecule has 256 valence electrons. The second-order valence-electron chi connectivity index (χ2n) is 13.5. The number of amides is 1. The summed E-state index contributed by atoms with van der Waals surface area (Å²) in [5.41, 5.74) is 1.54. The maximum atomic E-state index is 14.7. The van der Waals surface area contributed by atoms with E-state index in [2.05, 4.69) is 55.8 Å². The minimum absolute atomic E-state index is 0.0273. The molecule has 7 rings (SSSR count). The van der Waals surface area contributed by atoms with Crippen molar-refractivity contribution in [2.24, 2.45) is 23.7 Å². The van der Waals surface area contributed by atoms with Gasteiger partial charge in [-0.25, -0.2) is 14.4 Å². The standard InChI is InChI=1S/C34H41ClFN7O4S/c1-34(2,48-4)7-8-47-17-28-27(13-26(41-42-28)24-12-22(35)5-6-25(24)36)39-29-14-30(38-18-37-29)40-32(44)19-10-23(11-19)43-15-20-9-21(16-43)31(20)33(45)46-3/h5-6,12-14,18-21,23,31H,7-11,15-17H2,1-4H3,(H2,37,38,39,40,41,44). The van der Waals surface area contributed by atoms with Crippen molar-refractivity contribution in [1.82, 2.24) is 25.1 Å². The number of ether oxygens (including phenoxy) is 2. The Morgan fingerprint density at radius 3 is 2.56 bits per heavy atom. The van der Waals surface area contributed by atoms with Crippen LogP contribution in [0, 0.1) is 29.5 Å². The summed E-state index contributed by atoms with van der Waals surface area (Å²) in [6.07, 6.45) is 6.91. The Morgan fingerprint density at radius 2 is 1.83 bits per heavy atom. The zero-order valence-electron chi connectivity index (χ0n) is 27.5. The molecular weight excluding hydrogens is 657 g/mol.